The average molecular weight is 502 g/mol. The predicted molar refractivity (Wildman–Crippen MR) is 129 cm³/mol. The number of fused-ring (bicyclic) bond motifs is 1. The minimum Gasteiger partial charge on any atom is -0.481 e. The molecule has 0 radical (unpaired) electrons. The van der Waals surface area contributed by atoms with Crippen molar-refractivity contribution in [2.75, 3.05) is 49.5 Å². The molecule has 0 fully saturated rings. The van der Waals surface area contributed by atoms with Gasteiger partial charge in [-0.2, -0.15) is 9.97 Å². The van der Waals surface area contributed by atoms with Gasteiger partial charge in [0, 0.05) is 30.5 Å². The molecule has 0 saturated heterocycles. The fraction of sp³-hybridized carbons (Fsp3) is 0.318. The predicted octanol–water partition coefficient (Wildman–Crippen LogP) is 2.86. The topological polar surface area (TPSA) is 131 Å². The van der Waals surface area contributed by atoms with E-state index in [0.717, 1.165) is 10.6 Å². The van der Waals surface area contributed by atoms with Crippen LogP contribution in [-0.4, -0.2) is 60.9 Å². The third kappa shape index (κ3) is 5.74. The zero-order chi connectivity index (χ0) is 24.8. The minimum atomic E-state index is -0.674. The molecule has 0 atom stereocenters. The first kappa shape index (κ1) is 24.1. The molecule has 4 rings (SSSR count). The normalized spacial score (nSPS) is 12.5. The zero-order valence-corrected chi connectivity index (χ0v) is 19.9. The van der Waals surface area contributed by atoms with Gasteiger partial charge in [-0.25, -0.2) is 14.2 Å². The van der Waals surface area contributed by atoms with E-state index in [1.165, 1.54) is 25.6 Å². The van der Waals surface area contributed by atoms with Gasteiger partial charge in [0.15, 0.2) is 5.13 Å². The highest BCUT2D eigenvalue weighted by Crippen LogP contribution is 2.31. The van der Waals surface area contributed by atoms with Crippen molar-refractivity contribution in [1.82, 2.24) is 20.3 Å². The smallest absolute Gasteiger partial charge is 0.325 e. The third-order valence-corrected chi connectivity index (χ3v) is 6.13. The highest BCUT2D eigenvalue weighted by atomic mass is 32.1. The molecule has 11 nitrogen and oxygen atoms in total. The van der Waals surface area contributed by atoms with E-state index in [9.17, 15) is 14.0 Å². The molecule has 2 aromatic heterocycles. The average Bonchev–Trinajstić information content (AvgIpc) is 3.28. The van der Waals surface area contributed by atoms with Gasteiger partial charge >= 0.3 is 12.0 Å². The van der Waals surface area contributed by atoms with Gasteiger partial charge < -0.3 is 25.0 Å². The lowest BCUT2D eigenvalue weighted by molar-refractivity contribution is 0.0951. The molecule has 1 aliphatic heterocycles. The highest BCUT2D eigenvalue weighted by Gasteiger charge is 2.24. The maximum Gasteiger partial charge on any atom is 0.325 e. The van der Waals surface area contributed by atoms with Crippen LogP contribution in [0.4, 0.5) is 25.8 Å². The Bertz CT molecular complexity index is 1200. The SMILES string of the molecule is COc1cc(N2CCc3nc(NC(=O)Nc4ccccc4C(=O)NCCF)sc3C2)nc(OC)n1. The third-order valence-electron chi connectivity index (χ3n) is 5.14. The maximum absolute atomic E-state index is 12.6. The van der Waals surface area contributed by atoms with Crippen molar-refractivity contribution in [3.63, 3.8) is 0 Å². The first-order chi connectivity index (χ1) is 17.0. The van der Waals surface area contributed by atoms with Gasteiger partial charge in [0.2, 0.25) is 5.88 Å². The number of ether oxygens (including phenoxy) is 2. The summed E-state index contributed by atoms with van der Waals surface area (Å²) >= 11 is 1.36. The molecule has 3 amide bonds. The van der Waals surface area contributed by atoms with Crippen LogP contribution in [0, 0.1) is 0 Å². The number of urea groups is 1. The van der Waals surface area contributed by atoms with Gasteiger partial charge in [-0.3, -0.25) is 10.1 Å². The Balaban J connectivity index is 1.43. The van der Waals surface area contributed by atoms with Crippen LogP contribution in [0.25, 0.3) is 0 Å². The monoisotopic (exact) mass is 501 g/mol. The minimum absolute atomic E-state index is 0.102. The van der Waals surface area contributed by atoms with Crippen molar-refractivity contribution in [2.45, 2.75) is 13.0 Å². The van der Waals surface area contributed by atoms with E-state index < -0.39 is 18.6 Å². The molecule has 3 N–H and O–H groups in total. The molecule has 13 heteroatoms. The van der Waals surface area contributed by atoms with Gasteiger partial charge in [-0.05, 0) is 12.1 Å². The van der Waals surface area contributed by atoms with Gasteiger partial charge in [-0.1, -0.05) is 23.5 Å². The van der Waals surface area contributed by atoms with E-state index in [4.69, 9.17) is 9.47 Å². The van der Waals surface area contributed by atoms with E-state index in [1.807, 2.05) is 0 Å². The van der Waals surface area contributed by atoms with Crippen molar-refractivity contribution in [3.05, 3.63) is 46.5 Å². The van der Waals surface area contributed by atoms with Gasteiger partial charge in [0.1, 0.15) is 12.5 Å². The van der Waals surface area contributed by atoms with Crippen LogP contribution in [0.3, 0.4) is 0 Å². The number of alkyl halides is 1. The summed E-state index contributed by atoms with van der Waals surface area (Å²) in [5.41, 5.74) is 1.45. The number of rotatable bonds is 8. The number of anilines is 3. The fourth-order valence-electron chi connectivity index (χ4n) is 3.49. The first-order valence-corrected chi connectivity index (χ1v) is 11.5. The summed E-state index contributed by atoms with van der Waals surface area (Å²) in [5.74, 6) is 0.601. The molecule has 0 aliphatic carbocycles. The maximum atomic E-state index is 12.6. The second-order valence-corrected chi connectivity index (χ2v) is 8.47. The number of nitrogens with one attached hydrogen (secondary N) is 3. The lowest BCUT2D eigenvalue weighted by Gasteiger charge is -2.27. The number of nitrogens with zero attached hydrogens (tertiary/aromatic N) is 4. The Morgan fingerprint density at radius 2 is 1.97 bits per heavy atom. The summed E-state index contributed by atoms with van der Waals surface area (Å²) in [6.07, 6.45) is 0.668. The Morgan fingerprint density at radius 1 is 1.14 bits per heavy atom. The Kier molecular flexibility index (Phi) is 7.55. The van der Waals surface area contributed by atoms with Crippen LogP contribution in [0.15, 0.2) is 30.3 Å². The second-order valence-electron chi connectivity index (χ2n) is 7.39. The number of carbonyl (C=O) groups is 2. The summed E-state index contributed by atoms with van der Waals surface area (Å²) in [6.45, 7) is 0.451. The summed E-state index contributed by atoms with van der Waals surface area (Å²) in [7, 11) is 3.02. The van der Waals surface area contributed by atoms with E-state index in [1.54, 1.807) is 30.3 Å². The first-order valence-electron chi connectivity index (χ1n) is 10.7. The van der Waals surface area contributed by atoms with Crippen LogP contribution in [0.1, 0.15) is 20.9 Å². The molecule has 184 valence electrons. The van der Waals surface area contributed by atoms with Crippen molar-refractivity contribution in [1.29, 1.82) is 0 Å². The molecule has 35 heavy (non-hydrogen) atoms. The number of benzene rings is 1. The van der Waals surface area contributed by atoms with Crippen LogP contribution in [0.5, 0.6) is 11.9 Å². The van der Waals surface area contributed by atoms with Gasteiger partial charge in [-0.15, -0.1) is 0 Å². The molecule has 0 unspecified atom stereocenters. The van der Waals surface area contributed by atoms with Crippen LogP contribution in [-0.2, 0) is 13.0 Å². The van der Waals surface area contributed by atoms with Crippen molar-refractivity contribution in [2.24, 2.45) is 0 Å². The van der Waals surface area contributed by atoms with Crippen molar-refractivity contribution < 1.29 is 23.5 Å². The number of thiazole rings is 1. The number of halogens is 1. The summed E-state index contributed by atoms with van der Waals surface area (Å²) < 4.78 is 22.8. The fourth-order valence-corrected chi connectivity index (χ4v) is 4.51. The Hall–Kier alpha value is -4.00. The van der Waals surface area contributed by atoms with Crippen LogP contribution >= 0.6 is 11.3 Å². The molecule has 0 saturated carbocycles. The standard InChI is InChI=1S/C22H24FN7O4S/c1-33-18-11-17(27-21(28-18)34-2)30-10-7-15-16(12-30)35-22(26-15)29-20(32)25-14-6-4-3-5-13(14)19(31)24-9-8-23/h3-6,11H,7-10,12H2,1-2H3,(H,24,31)(H2,25,26,29,32). The lowest BCUT2D eigenvalue weighted by atomic mass is 10.1. The number of methoxy groups -OCH3 is 2. The molecule has 3 heterocycles. The number of carbonyl (C=O) groups excluding carboxylic acids is 2. The molecule has 1 aliphatic rings. The molecule has 0 bridgehead atoms. The Labute approximate surface area is 204 Å². The number of amides is 3. The molecule has 3 aromatic rings. The van der Waals surface area contributed by atoms with E-state index in [0.29, 0.717) is 42.0 Å². The lowest BCUT2D eigenvalue weighted by Crippen LogP contribution is -2.30. The largest absolute Gasteiger partial charge is 0.481 e. The van der Waals surface area contributed by atoms with Crippen LogP contribution < -0.4 is 30.3 Å². The highest BCUT2D eigenvalue weighted by molar-refractivity contribution is 7.15. The van der Waals surface area contributed by atoms with E-state index in [-0.39, 0.29) is 18.1 Å². The summed E-state index contributed by atoms with van der Waals surface area (Å²) in [6, 6.07) is 7.92. The van der Waals surface area contributed by atoms with Crippen molar-refractivity contribution in [3.8, 4) is 11.9 Å². The van der Waals surface area contributed by atoms with Gasteiger partial charge in [0.25, 0.3) is 5.91 Å². The summed E-state index contributed by atoms with van der Waals surface area (Å²) in [5, 5.41) is 8.28. The number of para-hydroxylation sites is 1. The van der Waals surface area contributed by atoms with Crippen molar-refractivity contribution >= 4 is 39.9 Å². The van der Waals surface area contributed by atoms with Crippen LogP contribution in [0.2, 0.25) is 0 Å². The molecular formula is C22H24FN7O4S. The molecular weight excluding hydrogens is 477 g/mol. The van der Waals surface area contributed by atoms with E-state index >= 15 is 0 Å². The molecule has 1 aromatic carbocycles. The number of hydrogen-bond acceptors (Lipinski definition) is 9. The Morgan fingerprint density at radius 3 is 2.74 bits per heavy atom. The van der Waals surface area contributed by atoms with E-state index in [2.05, 4.69) is 35.8 Å². The number of hydrogen-bond donors (Lipinski definition) is 3. The second kappa shape index (κ2) is 11.0. The molecule has 0 spiro atoms. The zero-order valence-electron chi connectivity index (χ0n) is 19.1. The number of aromatic nitrogens is 3. The quantitative estimate of drug-likeness (QED) is 0.430. The van der Waals surface area contributed by atoms with Gasteiger partial charge in [0.05, 0.1) is 37.7 Å². The summed E-state index contributed by atoms with van der Waals surface area (Å²) in [4.78, 5) is 41.0.